The van der Waals surface area contributed by atoms with Gasteiger partial charge in [0, 0.05) is 48.8 Å². The first-order chi connectivity index (χ1) is 11.5. The molecule has 0 radical (unpaired) electrons. The number of thiophene rings is 1. The Morgan fingerprint density at radius 3 is 2.58 bits per heavy atom. The predicted molar refractivity (Wildman–Crippen MR) is 91.6 cm³/mol. The van der Waals surface area contributed by atoms with Crippen LogP contribution in [0.25, 0.3) is 10.1 Å². The molecule has 1 amide bonds. The molecule has 0 N–H and O–H groups in total. The van der Waals surface area contributed by atoms with Gasteiger partial charge in [0.1, 0.15) is 0 Å². The van der Waals surface area contributed by atoms with E-state index in [4.69, 9.17) is 9.47 Å². The van der Waals surface area contributed by atoms with Crippen molar-refractivity contribution in [1.82, 2.24) is 9.47 Å². The van der Waals surface area contributed by atoms with Crippen LogP contribution in [-0.4, -0.2) is 47.5 Å². The molecule has 7 heteroatoms. The summed E-state index contributed by atoms with van der Waals surface area (Å²) in [7, 11) is 1.71. The first kappa shape index (κ1) is 15.8. The van der Waals surface area contributed by atoms with Gasteiger partial charge in [-0.15, -0.1) is 11.3 Å². The number of likely N-dealkylation sites (tertiary alicyclic amines) is 1. The second kappa shape index (κ2) is 5.68. The summed E-state index contributed by atoms with van der Waals surface area (Å²) in [4.78, 5) is 28.3. The van der Waals surface area contributed by atoms with Gasteiger partial charge < -0.3 is 18.9 Å². The number of aryl methyl sites for hydroxylation is 2. The van der Waals surface area contributed by atoms with Crippen LogP contribution in [0.3, 0.4) is 0 Å². The lowest BCUT2D eigenvalue weighted by molar-refractivity contribution is -0.181. The van der Waals surface area contributed by atoms with E-state index in [2.05, 4.69) is 0 Å². The van der Waals surface area contributed by atoms with Crippen molar-refractivity contribution in [1.29, 1.82) is 0 Å². The van der Waals surface area contributed by atoms with Crippen molar-refractivity contribution in [3.8, 4) is 0 Å². The van der Waals surface area contributed by atoms with E-state index in [0.717, 1.165) is 9.58 Å². The number of aromatic nitrogens is 1. The molecule has 0 saturated carbocycles. The summed E-state index contributed by atoms with van der Waals surface area (Å²) < 4.78 is 13.8. The number of piperidine rings is 1. The van der Waals surface area contributed by atoms with Crippen molar-refractivity contribution < 1.29 is 14.3 Å². The standard InChI is InChI=1S/C17H20N2O4S/c1-11-13(14-12(24-11)3-6-18(2)15(14)20)16(21)19-7-4-17(5-8-19)22-9-10-23-17/h3,6H,4-5,7-10H2,1-2H3. The molecular formula is C17H20N2O4S. The number of fused-ring (bicyclic) bond motifs is 1. The Hall–Kier alpha value is -1.70. The van der Waals surface area contributed by atoms with Crippen molar-refractivity contribution in [3.63, 3.8) is 0 Å². The first-order valence-electron chi connectivity index (χ1n) is 8.17. The van der Waals surface area contributed by atoms with Crippen molar-refractivity contribution in [2.45, 2.75) is 25.6 Å². The Morgan fingerprint density at radius 2 is 1.92 bits per heavy atom. The zero-order valence-corrected chi connectivity index (χ0v) is 14.6. The number of hydrogen-bond acceptors (Lipinski definition) is 5. The predicted octanol–water partition coefficient (Wildman–Crippen LogP) is 1.89. The van der Waals surface area contributed by atoms with Crippen LogP contribution >= 0.6 is 11.3 Å². The Labute approximate surface area is 143 Å². The lowest BCUT2D eigenvalue weighted by Crippen LogP contribution is -2.47. The zero-order valence-electron chi connectivity index (χ0n) is 13.8. The minimum atomic E-state index is -0.501. The molecule has 0 atom stereocenters. The van der Waals surface area contributed by atoms with Gasteiger partial charge in [0.2, 0.25) is 0 Å². The number of rotatable bonds is 1. The Kier molecular flexibility index (Phi) is 3.74. The first-order valence-corrected chi connectivity index (χ1v) is 8.98. The summed E-state index contributed by atoms with van der Waals surface area (Å²) in [6.07, 6.45) is 3.10. The number of nitrogens with zero attached hydrogens (tertiary/aromatic N) is 2. The maximum absolute atomic E-state index is 13.1. The molecule has 24 heavy (non-hydrogen) atoms. The fourth-order valence-electron chi connectivity index (χ4n) is 3.57. The zero-order chi connectivity index (χ0) is 16.9. The molecule has 2 saturated heterocycles. The molecule has 2 aromatic rings. The number of carbonyl (C=O) groups is 1. The summed E-state index contributed by atoms with van der Waals surface area (Å²) in [6.45, 7) is 4.33. The number of pyridine rings is 1. The molecule has 1 spiro atoms. The summed E-state index contributed by atoms with van der Waals surface area (Å²) in [5.74, 6) is -0.562. The quantitative estimate of drug-likeness (QED) is 0.790. The molecule has 0 unspecified atom stereocenters. The Balaban J connectivity index is 1.66. The van der Waals surface area contributed by atoms with Crippen LogP contribution in [0.4, 0.5) is 0 Å². The lowest BCUT2D eigenvalue weighted by atomic mass is 10.0. The molecule has 128 valence electrons. The van der Waals surface area contributed by atoms with Crippen molar-refractivity contribution >= 4 is 27.3 Å². The van der Waals surface area contributed by atoms with Gasteiger partial charge in [0.15, 0.2) is 5.79 Å². The van der Waals surface area contributed by atoms with Gasteiger partial charge in [0.05, 0.1) is 24.2 Å². The van der Waals surface area contributed by atoms with E-state index >= 15 is 0 Å². The van der Waals surface area contributed by atoms with Crippen LogP contribution in [0.2, 0.25) is 0 Å². The van der Waals surface area contributed by atoms with Gasteiger partial charge in [-0.05, 0) is 13.0 Å². The minimum absolute atomic E-state index is 0.0603. The second-order valence-corrected chi connectivity index (χ2v) is 7.66. The third-order valence-corrected chi connectivity index (χ3v) is 6.01. The van der Waals surface area contributed by atoms with E-state index in [1.54, 1.807) is 13.2 Å². The fraction of sp³-hybridized carbons (Fsp3) is 0.529. The topological polar surface area (TPSA) is 60.8 Å². The normalized spacial score (nSPS) is 20.2. The van der Waals surface area contributed by atoms with Crippen LogP contribution in [0.1, 0.15) is 28.1 Å². The fourth-order valence-corrected chi connectivity index (χ4v) is 4.61. The van der Waals surface area contributed by atoms with Crippen LogP contribution in [0.15, 0.2) is 17.1 Å². The third kappa shape index (κ3) is 2.39. The van der Waals surface area contributed by atoms with Crippen LogP contribution in [0, 0.1) is 6.92 Å². The van der Waals surface area contributed by atoms with Crippen molar-refractivity contribution in [2.75, 3.05) is 26.3 Å². The van der Waals surface area contributed by atoms with Gasteiger partial charge in [-0.1, -0.05) is 0 Å². The maximum atomic E-state index is 13.1. The summed E-state index contributed by atoms with van der Waals surface area (Å²) in [5, 5.41) is 0.543. The smallest absolute Gasteiger partial charge is 0.259 e. The average molecular weight is 348 g/mol. The molecule has 4 rings (SSSR count). The number of amides is 1. The van der Waals surface area contributed by atoms with E-state index in [9.17, 15) is 9.59 Å². The number of carbonyl (C=O) groups excluding carboxylic acids is 1. The van der Waals surface area contributed by atoms with Gasteiger partial charge >= 0.3 is 0 Å². The monoisotopic (exact) mass is 348 g/mol. The highest BCUT2D eigenvalue weighted by molar-refractivity contribution is 7.19. The van der Waals surface area contributed by atoms with Crippen LogP contribution in [-0.2, 0) is 16.5 Å². The van der Waals surface area contributed by atoms with Gasteiger partial charge in [-0.2, -0.15) is 0 Å². The summed E-state index contributed by atoms with van der Waals surface area (Å²) in [5.41, 5.74) is 0.441. The molecule has 4 heterocycles. The molecule has 2 aromatic heterocycles. The number of hydrogen-bond donors (Lipinski definition) is 0. The molecule has 2 aliphatic rings. The summed E-state index contributed by atoms with van der Waals surface area (Å²) in [6, 6.07) is 1.90. The highest BCUT2D eigenvalue weighted by Gasteiger charge is 2.41. The van der Waals surface area contributed by atoms with Gasteiger partial charge in [-0.3, -0.25) is 9.59 Å². The molecule has 2 fully saturated rings. The minimum Gasteiger partial charge on any atom is -0.347 e. The molecule has 0 aliphatic carbocycles. The Morgan fingerprint density at radius 1 is 1.25 bits per heavy atom. The molecule has 0 bridgehead atoms. The highest BCUT2D eigenvalue weighted by atomic mass is 32.1. The highest BCUT2D eigenvalue weighted by Crippen LogP contribution is 2.34. The molecule has 2 aliphatic heterocycles. The number of ether oxygens (including phenoxy) is 2. The molecule has 0 aromatic carbocycles. The van der Waals surface area contributed by atoms with E-state index < -0.39 is 5.79 Å². The van der Waals surface area contributed by atoms with Gasteiger partial charge in [-0.25, -0.2) is 0 Å². The Bertz CT molecular complexity index is 853. The van der Waals surface area contributed by atoms with Gasteiger partial charge in [0.25, 0.3) is 11.5 Å². The SMILES string of the molecule is Cc1sc2ccn(C)c(=O)c2c1C(=O)N1CCC2(CC1)OCCO2. The van der Waals surface area contributed by atoms with E-state index in [0.29, 0.717) is 50.1 Å². The van der Waals surface area contributed by atoms with E-state index in [1.165, 1.54) is 15.9 Å². The van der Waals surface area contributed by atoms with Crippen molar-refractivity contribution in [3.05, 3.63) is 33.1 Å². The molecule has 6 nitrogen and oxygen atoms in total. The maximum Gasteiger partial charge on any atom is 0.259 e. The summed E-state index contributed by atoms with van der Waals surface area (Å²) >= 11 is 1.50. The second-order valence-electron chi connectivity index (χ2n) is 6.40. The van der Waals surface area contributed by atoms with E-state index in [-0.39, 0.29) is 11.5 Å². The average Bonchev–Trinajstić information content (AvgIpc) is 3.16. The van der Waals surface area contributed by atoms with Crippen molar-refractivity contribution in [2.24, 2.45) is 7.05 Å². The lowest BCUT2D eigenvalue weighted by Gasteiger charge is -2.37. The van der Waals surface area contributed by atoms with Crippen LogP contribution < -0.4 is 5.56 Å². The van der Waals surface area contributed by atoms with Crippen LogP contribution in [0.5, 0.6) is 0 Å². The third-order valence-electron chi connectivity index (χ3n) is 4.94. The largest absolute Gasteiger partial charge is 0.347 e. The molecular weight excluding hydrogens is 328 g/mol. The van der Waals surface area contributed by atoms with E-state index in [1.807, 2.05) is 17.9 Å².